The van der Waals surface area contributed by atoms with Crippen molar-refractivity contribution in [3.05, 3.63) is 64.7 Å². The number of carbonyl (C=O) groups is 2. The van der Waals surface area contributed by atoms with E-state index in [9.17, 15) is 9.59 Å². The molecule has 2 aromatic carbocycles. The fraction of sp³-hybridized carbons (Fsp3) is 0.483. The first-order valence-electron chi connectivity index (χ1n) is 12.9. The first kappa shape index (κ1) is 24.3. The molecule has 7 nitrogen and oxygen atoms in total. The predicted molar refractivity (Wildman–Crippen MR) is 140 cm³/mol. The van der Waals surface area contributed by atoms with E-state index in [2.05, 4.69) is 17.2 Å². The fourth-order valence-corrected chi connectivity index (χ4v) is 5.91. The number of hydrogen-bond donors (Lipinski definition) is 2. The SMILES string of the molecule is CC[C@]1(C)CC(=O)N([C@@H]2C[C@@H](C)c3ccc(C(=O)N[C@H]4CC(C)(C)Oc5ccccc54)cc32)C(N)=N1. The zero-order valence-electron chi connectivity index (χ0n) is 21.8. The minimum absolute atomic E-state index is 0.00667. The second-order valence-corrected chi connectivity index (χ2v) is 11.4. The number of para-hydroxylation sites is 1. The van der Waals surface area contributed by atoms with Crippen LogP contribution < -0.4 is 15.8 Å². The number of rotatable bonds is 4. The minimum Gasteiger partial charge on any atom is -0.487 e. The standard InChI is InChI=1S/C29H36N4O3/c1-6-29(5)16-25(34)33(27(30)32-29)23-13-17(2)19-12-11-18(14-21(19)23)26(35)31-22-15-28(3,4)36-24-10-8-7-9-20(22)24/h7-12,14,17,22-23H,6,13,15-16H2,1-5H3,(H2,30,32)(H,31,35)/t17-,22+,23-,29-/m1/s1. The van der Waals surface area contributed by atoms with Gasteiger partial charge in [-0.05, 0) is 68.9 Å². The Hall–Kier alpha value is -3.35. The third-order valence-corrected chi connectivity index (χ3v) is 8.00. The molecule has 36 heavy (non-hydrogen) atoms. The Morgan fingerprint density at radius 1 is 1.17 bits per heavy atom. The van der Waals surface area contributed by atoms with E-state index < -0.39 is 5.54 Å². The van der Waals surface area contributed by atoms with E-state index in [4.69, 9.17) is 10.5 Å². The maximum atomic E-state index is 13.5. The van der Waals surface area contributed by atoms with Crippen LogP contribution in [0, 0.1) is 0 Å². The first-order chi connectivity index (χ1) is 17.0. The zero-order chi connectivity index (χ0) is 25.8. The number of nitrogens with zero attached hydrogens (tertiary/aromatic N) is 2. The summed E-state index contributed by atoms with van der Waals surface area (Å²) >= 11 is 0. The second-order valence-electron chi connectivity index (χ2n) is 11.4. The minimum atomic E-state index is -0.458. The molecule has 4 atom stereocenters. The van der Waals surface area contributed by atoms with Gasteiger partial charge in [0.25, 0.3) is 5.91 Å². The van der Waals surface area contributed by atoms with Gasteiger partial charge < -0.3 is 15.8 Å². The predicted octanol–water partition coefficient (Wildman–Crippen LogP) is 4.98. The Morgan fingerprint density at radius 2 is 1.92 bits per heavy atom. The van der Waals surface area contributed by atoms with Crippen molar-refractivity contribution in [1.29, 1.82) is 0 Å². The number of guanidine groups is 1. The summed E-state index contributed by atoms with van der Waals surface area (Å²) in [4.78, 5) is 33.0. The van der Waals surface area contributed by atoms with Gasteiger partial charge in [0.1, 0.15) is 11.4 Å². The van der Waals surface area contributed by atoms with E-state index in [-0.39, 0.29) is 41.4 Å². The van der Waals surface area contributed by atoms with E-state index in [1.165, 1.54) is 0 Å². The van der Waals surface area contributed by atoms with Crippen LogP contribution in [-0.4, -0.2) is 33.8 Å². The Kier molecular flexibility index (Phi) is 5.85. The van der Waals surface area contributed by atoms with Crippen LogP contribution in [0.25, 0.3) is 0 Å². The lowest BCUT2D eigenvalue weighted by Gasteiger charge is -2.38. The number of benzene rings is 2. The summed E-state index contributed by atoms with van der Waals surface area (Å²) in [5.74, 6) is 1.19. The van der Waals surface area contributed by atoms with Gasteiger partial charge in [-0.2, -0.15) is 0 Å². The van der Waals surface area contributed by atoms with Crippen LogP contribution in [0.4, 0.5) is 0 Å². The number of hydrogen-bond acceptors (Lipinski definition) is 5. The van der Waals surface area contributed by atoms with Crippen LogP contribution in [0.3, 0.4) is 0 Å². The molecule has 0 saturated heterocycles. The molecule has 2 aliphatic heterocycles. The molecular formula is C29H36N4O3. The van der Waals surface area contributed by atoms with Gasteiger partial charge >= 0.3 is 0 Å². The molecule has 1 aliphatic carbocycles. The largest absolute Gasteiger partial charge is 0.487 e. The molecule has 0 aromatic heterocycles. The lowest BCUT2D eigenvalue weighted by Crippen LogP contribution is -2.51. The summed E-state index contributed by atoms with van der Waals surface area (Å²) in [5, 5.41) is 3.23. The van der Waals surface area contributed by atoms with Crippen molar-refractivity contribution in [3.8, 4) is 5.75 Å². The normalized spacial score (nSPS) is 28.6. The van der Waals surface area contributed by atoms with Gasteiger partial charge in [0.05, 0.1) is 24.0 Å². The highest BCUT2D eigenvalue weighted by Gasteiger charge is 2.42. The summed E-state index contributed by atoms with van der Waals surface area (Å²) < 4.78 is 6.12. The number of nitrogens with two attached hydrogens (primary N) is 1. The molecule has 0 saturated carbocycles. The number of aliphatic imine (C=N–C) groups is 1. The summed E-state index contributed by atoms with van der Waals surface area (Å²) in [6, 6.07) is 13.3. The molecule has 0 unspecified atom stereocenters. The highest BCUT2D eigenvalue weighted by Crippen LogP contribution is 2.45. The van der Waals surface area contributed by atoms with Crippen LogP contribution in [-0.2, 0) is 4.79 Å². The molecular weight excluding hydrogens is 452 g/mol. The van der Waals surface area contributed by atoms with E-state index >= 15 is 0 Å². The highest BCUT2D eigenvalue weighted by molar-refractivity contribution is 6.00. The molecule has 0 radical (unpaired) electrons. The van der Waals surface area contributed by atoms with Crippen LogP contribution in [0.1, 0.15) is 105 Å². The van der Waals surface area contributed by atoms with E-state index in [1.54, 1.807) is 4.90 Å². The molecule has 2 amide bonds. The van der Waals surface area contributed by atoms with Gasteiger partial charge in [-0.25, -0.2) is 4.99 Å². The quantitative estimate of drug-likeness (QED) is 0.634. The van der Waals surface area contributed by atoms with Gasteiger partial charge in [0.2, 0.25) is 5.91 Å². The van der Waals surface area contributed by atoms with E-state index in [0.29, 0.717) is 18.4 Å². The van der Waals surface area contributed by atoms with Crippen molar-refractivity contribution >= 4 is 17.8 Å². The van der Waals surface area contributed by atoms with Crippen molar-refractivity contribution in [2.75, 3.05) is 0 Å². The summed E-state index contributed by atoms with van der Waals surface area (Å²) in [6.45, 7) is 10.2. The van der Waals surface area contributed by atoms with E-state index in [1.807, 2.05) is 70.2 Å². The molecule has 2 aromatic rings. The number of ether oxygens (including phenoxy) is 1. The van der Waals surface area contributed by atoms with Crippen molar-refractivity contribution in [3.63, 3.8) is 0 Å². The van der Waals surface area contributed by atoms with Gasteiger partial charge in [0, 0.05) is 17.5 Å². The van der Waals surface area contributed by atoms with Crippen LogP contribution >= 0.6 is 0 Å². The zero-order valence-corrected chi connectivity index (χ0v) is 21.8. The van der Waals surface area contributed by atoms with Crippen LogP contribution in [0.2, 0.25) is 0 Å². The van der Waals surface area contributed by atoms with Crippen LogP contribution in [0.15, 0.2) is 47.5 Å². The lowest BCUT2D eigenvalue weighted by atomic mass is 9.89. The van der Waals surface area contributed by atoms with Gasteiger partial charge in [-0.1, -0.05) is 38.1 Å². The third-order valence-electron chi connectivity index (χ3n) is 8.00. The molecule has 3 N–H and O–H groups in total. The molecule has 5 rings (SSSR count). The topological polar surface area (TPSA) is 97.0 Å². The summed E-state index contributed by atoms with van der Waals surface area (Å²) in [6.07, 6.45) is 2.52. The smallest absolute Gasteiger partial charge is 0.251 e. The molecule has 0 bridgehead atoms. The van der Waals surface area contributed by atoms with Crippen molar-refractivity contribution in [1.82, 2.24) is 10.2 Å². The van der Waals surface area contributed by atoms with Crippen molar-refractivity contribution < 1.29 is 14.3 Å². The maximum absolute atomic E-state index is 13.5. The van der Waals surface area contributed by atoms with E-state index in [0.717, 1.165) is 35.3 Å². The Labute approximate surface area is 213 Å². The summed E-state index contributed by atoms with van der Waals surface area (Å²) in [7, 11) is 0. The second kappa shape index (κ2) is 8.64. The Morgan fingerprint density at radius 3 is 2.64 bits per heavy atom. The van der Waals surface area contributed by atoms with Gasteiger partial charge in [-0.3, -0.25) is 14.5 Å². The average molecular weight is 489 g/mol. The Bertz CT molecular complexity index is 1250. The average Bonchev–Trinajstić information content (AvgIpc) is 3.13. The highest BCUT2D eigenvalue weighted by atomic mass is 16.5. The third kappa shape index (κ3) is 4.25. The number of carbonyl (C=O) groups excluding carboxylic acids is 2. The molecule has 7 heteroatoms. The molecule has 0 fully saturated rings. The monoisotopic (exact) mass is 488 g/mol. The fourth-order valence-electron chi connectivity index (χ4n) is 5.91. The molecule has 2 heterocycles. The number of amides is 2. The maximum Gasteiger partial charge on any atom is 0.251 e. The van der Waals surface area contributed by atoms with Gasteiger partial charge in [-0.15, -0.1) is 0 Å². The number of fused-ring (bicyclic) bond motifs is 2. The van der Waals surface area contributed by atoms with Gasteiger partial charge in [0.15, 0.2) is 5.96 Å². The van der Waals surface area contributed by atoms with Crippen molar-refractivity contribution in [2.24, 2.45) is 10.7 Å². The Balaban J connectivity index is 1.44. The van der Waals surface area contributed by atoms with Crippen molar-refractivity contribution in [2.45, 2.75) is 89.4 Å². The molecule has 0 spiro atoms. The molecule has 3 aliphatic rings. The lowest BCUT2D eigenvalue weighted by molar-refractivity contribution is -0.131. The number of nitrogens with one attached hydrogen (secondary N) is 1. The summed E-state index contributed by atoms with van der Waals surface area (Å²) in [5.41, 5.74) is 9.21. The molecule has 190 valence electrons. The first-order valence-corrected chi connectivity index (χ1v) is 12.9. The van der Waals surface area contributed by atoms with Crippen LogP contribution in [0.5, 0.6) is 5.75 Å².